The predicted octanol–water partition coefficient (Wildman–Crippen LogP) is 4.65. The number of esters is 1. The standard InChI is InChI=1S/C29H40O6/c1-21-7-3-9-24-10-5-11-25(34-24)12-6-14-29(32)35-28(13-4-8-23(30)19-21)27(31)16-15-26-20-22(2)17-18-33-26/h4-6,8,11,14-17,23-28,30-31H,1,3,7,9-10,12-13,18-20H2,2H3/b8-4+,14-6-,16-15+/t23-,24+,25-,26+,27-,28-/m0/s1. The third kappa shape index (κ3) is 10.1. The Morgan fingerprint density at radius 3 is 2.80 bits per heavy atom. The summed E-state index contributed by atoms with van der Waals surface area (Å²) in [7, 11) is 0. The number of cyclic esters (lactones) is 1. The first-order chi connectivity index (χ1) is 16.9. The van der Waals surface area contributed by atoms with Crippen molar-refractivity contribution in [2.24, 2.45) is 0 Å². The van der Waals surface area contributed by atoms with Gasteiger partial charge in [0.25, 0.3) is 0 Å². The number of ether oxygens (including phenoxy) is 3. The third-order valence-corrected chi connectivity index (χ3v) is 6.46. The lowest BCUT2D eigenvalue weighted by atomic mass is 9.99. The van der Waals surface area contributed by atoms with Crippen molar-refractivity contribution in [1.82, 2.24) is 0 Å². The van der Waals surface area contributed by atoms with Crippen LogP contribution in [0.4, 0.5) is 0 Å². The molecule has 2 N–H and O–H groups in total. The monoisotopic (exact) mass is 484 g/mol. The van der Waals surface area contributed by atoms with Crippen LogP contribution in [-0.4, -0.2) is 59.4 Å². The molecule has 0 spiro atoms. The van der Waals surface area contributed by atoms with Crippen molar-refractivity contribution in [1.29, 1.82) is 0 Å². The zero-order valence-electron chi connectivity index (χ0n) is 20.8. The molecule has 0 aromatic heterocycles. The van der Waals surface area contributed by atoms with Crippen LogP contribution in [0.3, 0.4) is 0 Å². The van der Waals surface area contributed by atoms with Crippen LogP contribution in [0.15, 0.2) is 72.4 Å². The number of rotatable bonds is 3. The summed E-state index contributed by atoms with van der Waals surface area (Å²) in [6.07, 6.45) is 19.5. The van der Waals surface area contributed by atoms with Crippen LogP contribution in [0, 0.1) is 0 Å². The summed E-state index contributed by atoms with van der Waals surface area (Å²) >= 11 is 0. The molecule has 0 aromatic carbocycles. The van der Waals surface area contributed by atoms with E-state index in [4.69, 9.17) is 14.2 Å². The second-order valence-corrected chi connectivity index (χ2v) is 9.65. The lowest BCUT2D eigenvalue weighted by Gasteiger charge is -2.25. The van der Waals surface area contributed by atoms with Gasteiger partial charge in [0.15, 0.2) is 0 Å². The van der Waals surface area contributed by atoms with Gasteiger partial charge in [-0.25, -0.2) is 4.79 Å². The van der Waals surface area contributed by atoms with Gasteiger partial charge in [0.05, 0.1) is 31.0 Å². The van der Waals surface area contributed by atoms with Crippen LogP contribution in [-0.2, 0) is 19.0 Å². The smallest absolute Gasteiger partial charge is 0.330 e. The zero-order chi connectivity index (χ0) is 25.0. The van der Waals surface area contributed by atoms with Gasteiger partial charge in [0.1, 0.15) is 12.2 Å². The Kier molecular flexibility index (Phi) is 11.2. The Hall–Kier alpha value is -2.25. The van der Waals surface area contributed by atoms with Crippen LogP contribution in [0.1, 0.15) is 58.3 Å². The van der Waals surface area contributed by atoms with Gasteiger partial charge in [0, 0.05) is 12.5 Å². The Labute approximate surface area is 209 Å². The highest BCUT2D eigenvalue weighted by atomic mass is 16.6. The normalized spacial score (nSPS) is 34.4. The van der Waals surface area contributed by atoms with E-state index in [0.717, 1.165) is 37.7 Å². The van der Waals surface area contributed by atoms with E-state index in [1.807, 2.05) is 18.2 Å². The molecule has 0 fully saturated rings. The lowest BCUT2D eigenvalue weighted by molar-refractivity contribution is -0.147. The minimum absolute atomic E-state index is 0.0676. The fourth-order valence-corrected chi connectivity index (χ4v) is 4.47. The molecular formula is C29H40O6. The van der Waals surface area contributed by atoms with Crippen molar-refractivity contribution in [3.63, 3.8) is 0 Å². The molecule has 0 amide bonds. The average Bonchev–Trinajstić information content (AvgIpc) is 2.81. The van der Waals surface area contributed by atoms with Gasteiger partial charge in [-0.3, -0.25) is 0 Å². The summed E-state index contributed by atoms with van der Waals surface area (Å²) in [5, 5.41) is 21.2. The minimum Gasteiger partial charge on any atom is -0.456 e. The Bertz CT molecular complexity index is 851. The summed E-state index contributed by atoms with van der Waals surface area (Å²) in [5.41, 5.74) is 2.24. The van der Waals surface area contributed by atoms with Crippen molar-refractivity contribution < 1.29 is 29.2 Å². The molecule has 3 aliphatic heterocycles. The van der Waals surface area contributed by atoms with Crippen LogP contribution in [0.25, 0.3) is 0 Å². The summed E-state index contributed by atoms with van der Waals surface area (Å²) in [6, 6.07) is 0. The highest BCUT2D eigenvalue weighted by molar-refractivity contribution is 5.82. The maximum Gasteiger partial charge on any atom is 0.330 e. The number of carbonyl (C=O) groups excluding carboxylic acids is 1. The van der Waals surface area contributed by atoms with E-state index in [-0.39, 0.29) is 24.7 Å². The van der Waals surface area contributed by atoms with Crippen LogP contribution in [0.2, 0.25) is 0 Å². The highest BCUT2D eigenvalue weighted by Gasteiger charge is 2.22. The molecule has 3 heterocycles. The number of aliphatic hydroxyl groups is 2. The molecule has 0 radical (unpaired) electrons. The second kappa shape index (κ2) is 14.3. The number of hydrogen-bond donors (Lipinski definition) is 2. The van der Waals surface area contributed by atoms with Crippen molar-refractivity contribution in [3.05, 3.63) is 72.4 Å². The third-order valence-electron chi connectivity index (χ3n) is 6.46. The maximum absolute atomic E-state index is 12.5. The molecule has 0 unspecified atom stereocenters. The molecule has 6 atom stereocenters. The van der Waals surface area contributed by atoms with Gasteiger partial charge in [-0.05, 0) is 51.9 Å². The van der Waals surface area contributed by atoms with E-state index in [2.05, 4.69) is 19.6 Å². The van der Waals surface area contributed by atoms with Gasteiger partial charge >= 0.3 is 5.97 Å². The molecule has 6 heteroatoms. The van der Waals surface area contributed by atoms with E-state index < -0.39 is 24.3 Å². The highest BCUT2D eigenvalue weighted by Crippen LogP contribution is 2.22. The topological polar surface area (TPSA) is 85.2 Å². The Balaban J connectivity index is 1.67. The number of fused-ring (bicyclic) bond motifs is 2. The molecule has 2 bridgehead atoms. The van der Waals surface area contributed by atoms with Crippen LogP contribution < -0.4 is 0 Å². The fourth-order valence-electron chi connectivity index (χ4n) is 4.47. The number of carbonyl (C=O) groups is 1. The van der Waals surface area contributed by atoms with E-state index in [0.29, 0.717) is 19.4 Å². The van der Waals surface area contributed by atoms with Crippen LogP contribution in [0.5, 0.6) is 0 Å². The first-order valence-corrected chi connectivity index (χ1v) is 12.7. The van der Waals surface area contributed by atoms with Gasteiger partial charge in [-0.1, -0.05) is 66.3 Å². The zero-order valence-corrected chi connectivity index (χ0v) is 20.8. The summed E-state index contributed by atoms with van der Waals surface area (Å²) in [4.78, 5) is 12.5. The largest absolute Gasteiger partial charge is 0.456 e. The molecule has 35 heavy (non-hydrogen) atoms. The molecule has 192 valence electrons. The van der Waals surface area contributed by atoms with Crippen molar-refractivity contribution in [3.8, 4) is 0 Å². The quantitative estimate of drug-likeness (QED) is 0.448. The van der Waals surface area contributed by atoms with Gasteiger partial charge in [-0.15, -0.1) is 0 Å². The molecular weight excluding hydrogens is 444 g/mol. The van der Waals surface area contributed by atoms with Crippen molar-refractivity contribution in [2.75, 3.05) is 6.61 Å². The summed E-state index contributed by atoms with van der Waals surface area (Å²) in [6.45, 7) is 6.71. The summed E-state index contributed by atoms with van der Waals surface area (Å²) < 4.78 is 17.4. The molecule has 3 aliphatic rings. The van der Waals surface area contributed by atoms with E-state index in [1.165, 1.54) is 11.6 Å². The number of hydrogen-bond acceptors (Lipinski definition) is 6. The van der Waals surface area contributed by atoms with Gasteiger partial charge < -0.3 is 24.4 Å². The molecule has 0 aromatic rings. The van der Waals surface area contributed by atoms with E-state index in [9.17, 15) is 15.0 Å². The second-order valence-electron chi connectivity index (χ2n) is 9.65. The maximum atomic E-state index is 12.5. The van der Waals surface area contributed by atoms with Crippen molar-refractivity contribution >= 4 is 5.97 Å². The van der Waals surface area contributed by atoms with Crippen LogP contribution >= 0.6 is 0 Å². The average molecular weight is 485 g/mol. The molecule has 3 rings (SSSR count). The molecule has 6 nitrogen and oxygen atoms in total. The predicted molar refractivity (Wildman–Crippen MR) is 137 cm³/mol. The van der Waals surface area contributed by atoms with Crippen molar-refractivity contribution in [2.45, 2.75) is 94.9 Å². The summed E-state index contributed by atoms with van der Waals surface area (Å²) in [5.74, 6) is -0.519. The van der Waals surface area contributed by atoms with E-state index in [1.54, 1.807) is 24.3 Å². The molecule has 0 saturated carbocycles. The van der Waals surface area contributed by atoms with Gasteiger partial charge in [0.2, 0.25) is 0 Å². The molecule has 0 saturated heterocycles. The molecule has 0 aliphatic carbocycles. The van der Waals surface area contributed by atoms with E-state index >= 15 is 0 Å². The van der Waals surface area contributed by atoms with Gasteiger partial charge in [-0.2, -0.15) is 0 Å². The number of aliphatic hydroxyl groups excluding tert-OH is 2. The first-order valence-electron chi connectivity index (χ1n) is 12.7. The SMILES string of the molecule is C=C1CCC[C@@H]2CC=C[C@@H](C/C=C\C(=O)O[C@H]([C@@H](O)/C=C/[C@@H]3CC(C)=CCO3)C/C=C/[C@H](O)C1)O2. The minimum atomic E-state index is -1.00. The first kappa shape index (κ1) is 27.3. The Morgan fingerprint density at radius 1 is 1.14 bits per heavy atom. The Morgan fingerprint density at radius 2 is 1.97 bits per heavy atom. The fraction of sp³-hybridized carbons (Fsp3) is 0.552. The lowest BCUT2D eigenvalue weighted by Crippen LogP contribution is -2.30.